The van der Waals surface area contributed by atoms with E-state index >= 15 is 0 Å². The highest BCUT2D eigenvalue weighted by atomic mass is 16.6. The van der Waals surface area contributed by atoms with Gasteiger partial charge in [0.15, 0.2) is 0 Å². The van der Waals surface area contributed by atoms with Gasteiger partial charge in [0.1, 0.15) is 5.60 Å². The SMILES string of the molecule is CC(C)(C)OC(=O)N1CCc2c(N)ccc(C#N)c2C1. The summed E-state index contributed by atoms with van der Waals surface area (Å²) in [5, 5.41) is 9.17. The molecule has 2 rings (SSSR count). The highest BCUT2D eigenvalue weighted by Crippen LogP contribution is 2.28. The van der Waals surface area contributed by atoms with E-state index in [4.69, 9.17) is 10.5 Å². The fraction of sp³-hybridized carbons (Fsp3) is 0.467. The van der Waals surface area contributed by atoms with Gasteiger partial charge in [-0.1, -0.05) is 0 Å². The third-order valence-electron chi connectivity index (χ3n) is 3.22. The van der Waals surface area contributed by atoms with Gasteiger partial charge in [0, 0.05) is 12.2 Å². The Kier molecular flexibility index (Phi) is 3.58. The van der Waals surface area contributed by atoms with Crippen molar-refractivity contribution in [2.45, 2.75) is 39.3 Å². The minimum absolute atomic E-state index is 0.352. The minimum Gasteiger partial charge on any atom is -0.444 e. The molecule has 5 nitrogen and oxygen atoms in total. The summed E-state index contributed by atoms with van der Waals surface area (Å²) in [5.74, 6) is 0. The molecule has 0 radical (unpaired) electrons. The maximum absolute atomic E-state index is 12.1. The molecule has 1 aliphatic rings. The van der Waals surface area contributed by atoms with Crippen LogP contribution in [0.3, 0.4) is 0 Å². The third kappa shape index (κ3) is 2.85. The van der Waals surface area contributed by atoms with Gasteiger partial charge in [-0.15, -0.1) is 0 Å². The lowest BCUT2D eigenvalue weighted by molar-refractivity contribution is 0.0224. The molecule has 1 aliphatic heterocycles. The number of nitrogens with zero attached hydrogens (tertiary/aromatic N) is 2. The van der Waals surface area contributed by atoms with Crippen LogP contribution in [-0.2, 0) is 17.7 Å². The first-order valence-electron chi connectivity index (χ1n) is 6.60. The van der Waals surface area contributed by atoms with Gasteiger partial charge in [0.05, 0.1) is 18.2 Å². The second-order valence-corrected chi connectivity index (χ2v) is 5.92. The largest absolute Gasteiger partial charge is 0.444 e. The summed E-state index contributed by atoms with van der Waals surface area (Å²) in [6.07, 6.45) is 0.296. The van der Waals surface area contributed by atoms with E-state index in [0.29, 0.717) is 30.8 Å². The highest BCUT2D eigenvalue weighted by Gasteiger charge is 2.27. The van der Waals surface area contributed by atoms with Crippen molar-refractivity contribution in [2.75, 3.05) is 12.3 Å². The van der Waals surface area contributed by atoms with Crippen LogP contribution < -0.4 is 5.73 Å². The van der Waals surface area contributed by atoms with E-state index < -0.39 is 5.60 Å². The van der Waals surface area contributed by atoms with Crippen molar-refractivity contribution in [3.05, 3.63) is 28.8 Å². The predicted octanol–water partition coefficient (Wildman–Crippen LogP) is 2.43. The van der Waals surface area contributed by atoms with Crippen LogP contribution in [0, 0.1) is 11.3 Å². The van der Waals surface area contributed by atoms with Crippen molar-refractivity contribution < 1.29 is 9.53 Å². The molecule has 0 saturated heterocycles. The molecular formula is C15H19N3O2. The Morgan fingerprint density at radius 3 is 2.70 bits per heavy atom. The van der Waals surface area contributed by atoms with Crippen LogP contribution in [0.15, 0.2) is 12.1 Å². The summed E-state index contributed by atoms with van der Waals surface area (Å²) in [7, 11) is 0. The summed E-state index contributed by atoms with van der Waals surface area (Å²) >= 11 is 0. The predicted molar refractivity (Wildman–Crippen MR) is 75.9 cm³/mol. The van der Waals surface area contributed by atoms with Crippen LogP contribution >= 0.6 is 0 Å². The number of hydrogen-bond donors (Lipinski definition) is 1. The van der Waals surface area contributed by atoms with Crippen molar-refractivity contribution in [3.63, 3.8) is 0 Å². The molecule has 5 heteroatoms. The molecule has 1 heterocycles. The molecular weight excluding hydrogens is 254 g/mol. The topological polar surface area (TPSA) is 79.3 Å². The van der Waals surface area contributed by atoms with E-state index in [9.17, 15) is 10.1 Å². The smallest absolute Gasteiger partial charge is 0.410 e. The maximum Gasteiger partial charge on any atom is 0.410 e. The lowest BCUT2D eigenvalue weighted by atomic mass is 9.94. The molecule has 106 valence electrons. The Bertz CT molecular complexity index is 582. The molecule has 1 amide bonds. The van der Waals surface area contributed by atoms with Crippen molar-refractivity contribution in [1.29, 1.82) is 5.26 Å². The molecule has 0 bridgehead atoms. The average Bonchev–Trinajstić information content (AvgIpc) is 2.37. The fourth-order valence-electron chi connectivity index (χ4n) is 2.29. The number of nitrogen functional groups attached to an aromatic ring is 1. The second kappa shape index (κ2) is 5.04. The Hall–Kier alpha value is -2.22. The number of benzene rings is 1. The third-order valence-corrected chi connectivity index (χ3v) is 3.22. The summed E-state index contributed by atoms with van der Waals surface area (Å²) in [6.45, 7) is 6.43. The Labute approximate surface area is 118 Å². The van der Waals surface area contributed by atoms with Crippen molar-refractivity contribution in [2.24, 2.45) is 0 Å². The summed E-state index contributed by atoms with van der Waals surface area (Å²) in [4.78, 5) is 13.7. The molecule has 1 aromatic rings. The number of nitriles is 1. The molecule has 0 aliphatic carbocycles. The number of carbonyl (C=O) groups excluding carboxylic acids is 1. The molecule has 0 unspecified atom stereocenters. The summed E-state index contributed by atoms with van der Waals surface area (Å²) in [5.41, 5.74) is 8.49. The Morgan fingerprint density at radius 1 is 1.40 bits per heavy atom. The van der Waals surface area contributed by atoms with Gasteiger partial charge in [0.2, 0.25) is 0 Å². The zero-order valence-electron chi connectivity index (χ0n) is 12.1. The van der Waals surface area contributed by atoms with Gasteiger partial charge < -0.3 is 15.4 Å². The van der Waals surface area contributed by atoms with E-state index in [0.717, 1.165) is 11.1 Å². The molecule has 0 spiro atoms. The van der Waals surface area contributed by atoms with Gasteiger partial charge >= 0.3 is 6.09 Å². The first-order chi connectivity index (χ1) is 9.31. The van der Waals surface area contributed by atoms with Crippen molar-refractivity contribution in [3.8, 4) is 6.07 Å². The Balaban J connectivity index is 2.25. The monoisotopic (exact) mass is 273 g/mol. The summed E-state index contributed by atoms with van der Waals surface area (Å²) < 4.78 is 5.37. The zero-order chi connectivity index (χ0) is 14.9. The number of hydrogen-bond acceptors (Lipinski definition) is 4. The quantitative estimate of drug-likeness (QED) is 0.736. The van der Waals surface area contributed by atoms with E-state index in [1.165, 1.54) is 0 Å². The first kappa shape index (κ1) is 14.2. The van der Waals surface area contributed by atoms with Gasteiger partial charge in [-0.05, 0) is 50.5 Å². The molecule has 2 N–H and O–H groups in total. The normalized spacial score (nSPS) is 14.4. The number of carbonyl (C=O) groups is 1. The molecule has 0 saturated carbocycles. The van der Waals surface area contributed by atoms with Crippen LogP contribution in [0.5, 0.6) is 0 Å². The average molecular weight is 273 g/mol. The zero-order valence-corrected chi connectivity index (χ0v) is 12.1. The number of fused-ring (bicyclic) bond motifs is 1. The van der Waals surface area contributed by atoms with Gasteiger partial charge in [-0.2, -0.15) is 5.26 Å². The molecule has 20 heavy (non-hydrogen) atoms. The number of anilines is 1. The lowest BCUT2D eigenvalue weighted by Gasteiger charge is -2.32. The fourth-order valence-corrected chi connectivity index (χ4v) is 2.29. The number of amides is 1. The first-order valence-corrected chi connectivity index (χ1v) is 6.60. The maximum atomic E-state index is 12.1. The van der Waals surface area contributed by atoms with Crippen LogP contribution in [-0.4, -0.2) is 23.1 Å². The molecule has 0 atom stereocenters. The van der Waals surface area contributed by atoms with Crippen LogP contribution in [0.25, 0.3) is 0 Å². The Morgan fingerprint density at radius 2 is 2.10 bits per heavy atom. The standard InChI is InChI=1S/C15H19N3O2/c1-15(2,3)20-14(19)18-7-6-11-12(9-18)10(8-16)4-5-13(11)17/h4-5H,6-7,9,17H2,1-3H3. The molecule has 0 fully saturated rings. The summed E-state index contributed by atoms with van der Waals surface area (Å²) in [6, 6.07) is 5.61. The van der Waals surface area contributed by atoms with Crippen LogP contribution in [0.4, 0.5) is 10.5 Å². The van der Waals surface area contributed by atoms with Crippen molar-refractivity contribution in [1.82, 2.24) is 4.90 Å². The van der Waals surface area contributed by atoms with E-state index in [1.807, 2.05) is 20.8 Å². The van der Waals surface area contributed by atoms with E-state index in [-0.39, 0.29) is 6.09 Å². The second-order valence-electron chi connectivity index (χ2n) is 5.92. The highest BCUT2D eigenvalue weighted by molar-refractivity contribution is 5.70. The van der Waals surface area contributed by atoms with Gasteiger partial charge in [-0.25, -0.2) is 4.79 Å². The number of ether oxygens (including phenoxy) is 1. The van der Waals surface area contributed by atoms with Crippen LogP contribution in [0.1, 0.15) is 37.5 Å². The molecule has 0 aromatic heterocycles. The number of rotatable bonds is 0. The van der Waals surface area contributed by atoms with E-state index in [1.54, 1.807) is 17.0 Å². The molecule has 1 aromatic carbocycles. The lowest BCUT2D eigenvalue weighted by Crippen LogP contribution is -2.40. The van der Waals surface area contributed by atoms with E-state index in [2.05, 4.69) is 6.07 Å². The number of nitrogens with two attached hydrogens (primary N) is 1. The van der Waals surface area contributed by atoms with Crippen LogP contribution in [0.2, 0.25) is 0 Å². The van der Waals surface area contributed by atoms with Crippen molar-refractivity contribution >= 4 is 11.8 Å². The minimum atomic E-state index is -0.523. The van der Waals surface area contributed by atoms with Gasteiger partial charge in [0.25, 0.3) is 0 Å². The van der Waals surface area contributed by atoms with Gasteiger partial charge in [-0.3, -0.25) is 0 Å².